The van der Waals surface area contributed by atoms with Gasteiger partial charge in [-0.25, -0.2) is 0 Å². The Bertz CT molecular complexity index is 451. The molecule has 0 heterocycles. The summed E-state index contributed by atoms with van der Waals surface area (Å²) < 4.78 is 5.41. The van der Waals surface area contributed by atoms with Crippen LogP contribution >= 0.6 is 0 Å². The normalized spacial score (nSPS) is 13.3. The maximum absolute atomic E-state index is 10.9. The molecule has 0 amide bonds. The third-order valence-corrected chi connectivity index (χ3v) is 3.48. The van der Waals surface area contributed by atoms with Gasteiger partial charge in [0.15, 0.2) is 0 Å². The third-order valence-electron chi connectivity index (χ3n) is 3.48. The second kappa shape index (κ2) is 6.75. The fraction of sp³-hybridized carbons (Fsp3) is 0.562. The average molecular weight is 279 g/mol. The first-order valence-corrected chi connectivity index (χ1v) is 6.89. The molecule has 0 saturated carbocycles. The number of para-hydroxylation sites is 1. The van der Waals surface area contributed by atoms with Crippen molar-refractivity contribution in [1.82, 2.24) is 4.90 Å². The Hall–Kier alpha value is -1.55. The van der Waals surface area contributed by atoms with Crippen molar-refractivity contribution in [2.24, 2.45) is 0 Å². The molecule has 0 aliphatic heterocycles. The lowest BCUT2D eigenvalue weighted by Gasteiger charge is -2.40. The predicted octanol–water partition coefficient (Wildman–Crippen LogP) is 3.33. The highest BCUT2D eigenvalue weighted by atomic mass is 16.5. The number of methoxy groups -OCH3 is 1. The zero-order valence-electron chi connectivity index (χ0n) is 13.0. The number of rotatable bonds is 6. The lowest BCUT2D eigenvalue weighted by Crippen LogP contribution is -2.44. The van der Waals surface area contributed by atoms with E-state index in [9.17, 15) is 4.79 Å². The van der Waals surface area contributed by atoms with E-state index < -0.39 is 5.97 Å². The number of carbonyl (C=O) groups is 1. The van der Waals surface area contributed by atoms with Gasteiger partial charge in [0.2, 0.25) is 0 Å². The van der Waals surface area contributed by atoms with Crippen LogP contribution in [0.15, 0.2) is 24.3 Å². The van der Waals surface area contributed by atoms with E-state index in [0.29, 0.717) is 6.54 Å². The molecule has 0 spiro atoms. The molecule has 1 N–H and O–H groups in total. The van der Waals surface area contributed by atoms with Crippen LogP contribution in [0.5, 0.6) is 5.75 Å². The number of carboxylic acids is 1. The summed E-state index contributed by atoms with van der Waals surface area (Å²) in [5, 5.41) is 8.93. The van der Waals surface area contributed by atoms with Crippen LogP contribution in [0.4, 0.5) is 0 Å². The Kier molecular flexibility index (Phi) is 5.57. The highest BCUT2D eigenvalue weighted by Gasteiger charge is 2.28. The third kappa shape index (κ3) is 4.23. The van der Waals surface area contributed by atoms with E-state index in [1.165, 1.54) is 0 Å². The molecule has 1 aromatic carbocycles. The monoisotopic (exact) mass is 279 g/mol. The van der Waals surface area contributed by atoms with Crippen LogP contribution in [0.3, 0.4) is 0 Å². The van der Waals surface area contributed by atoms with Gasteiger partial charge in [0.1, 0.15) is 5.75 Å². The van der Waals surface area contributed by atoms with E-state index in [1.54, 1.807) is 7.11 Å². The van der Waals surface area contributed by atoms with Crippen molar-refractivity contribution < 1.29 is 14.6 Å². The van der Waals surface area contributed by atoms with Gasteiger partial charge in [0.25, 0.3) is 0 Å². The summed E-state index contributed by atoms with van der Waals surface area (Å²) >= 11 is 0. The van der Waals surface area contributed by atoms with Gasteiger partial charge in [-0.3, -0.25) is 9.69 Å². The summed E-state index contributed by atoms with van der Waals surface area (Å²) in [6.45, 7) is 8.89. The molecule has 0 aromatic heterocycles. The van der Waals surface area contributed by atoms with E-state index in [2.05, 4.69) is 32.6 Å². The highest BCUT2D eigenvalue weighted by molar-refractivity contribution is 5.66. The number of hydrogen-bond acceptors (Lipinski definition) is 3. The predicted molar refractivity (Wildman–Crippen MR) is 80.1 cm³/mol. The number of hydrogen-bond donors (Lipinski definition) is 1. The standard InChI is InChI=1S/C16H25NO3/c1-12(13-8-6-7-9-14(13)20-5)17(16(2,3)4)11-10-15(18)19/h6-9,12H,10-11H2,1-5H3,(H,18,19). The van der Waals surface area contributed by atoms with Crippen molar-refractivity contribution in [2.45, 2.75) is 45.7 Å². The number of carboxylic acid groups (broad SMARTS) is 1. The van der Waals surface area contributed by atoms with Crippen LogP contribution in [-0.2, 0) is 4.79 Å². The van der Waals surface area contributed by atoms with Crippen LogP contribution in [-0.4, -0.2) is 35.2 Å². The van der Waals surface area contributed by atoms with Crippen LogP contribution in [0.2, 0.25) is 0 Å². The lowest BCUT2D eigenvalue weighted by atomic mass is 9.98. The van der Waals surface area contributed by atoms with E-state index in [-0.39, 0.29) is 18.0 Å². The van der Waals surface area contributed by atoms with Crippen LogP contribution < -0.4 is 4.74 Å². The van der Waals surface area contributed by atoms with Gasteiger partial charge in [0.05, 0.1) is 13.5 Å². The molecular weight excluding hydrogens is 254 g/mol. The first-order valence-electron chi connectivity index (χ1n) is 6.89. The fourth-order valence-electron chi connectivity index (χ4n) is 2.51. The van der Waals surface area contributed by atoms with Crippen LogP contribution in [0.1, 0.15) is 45.7 Å². The van der Waals surface area contributed by atoms with Crippen molar-refractivity contribution in [3.05, 3.63) is 29.8 Å². The molecule has 20 heavy (non-hydrogen) atoms. The van der Waals surface area contributed by atoms with Gasteiger partial charge in [-0.1, -0.05) is 18.2 Å². The molecule has 0 aliphatic rings. The van der Waals surface area contributed by atoms with Crippen LogP contribution in [0, 0.1) is 0 Å². The number of aliphatic carboxylic acids is 1. The highest BCUT2D eigenvalue weighted by Crippen LogP contribution is 2.33. The second-order valence-electron chi connectivity index (χ2n) is 5.93. The fourth-order valence-corrected chi connectivity index (χ4v) is 2.51. The summed E-state index contributed by atoms with van der Waals surface area (Å²) in [6.07, 6.45) is 0.136. The molecular formula is C16H25NO3. The first-order chi connectivity index (χ1) is 9.27. The molecule has 0 bridgehead atoms. The Morgan fingerprint density at radius 1 is 1.35 bits per heavy atom. The van der Waals surface area contributed by atoms with Gasteiger partial charge in [0, 0.05) is 23.7 Å². The van der Waals surface area contributed by atoms with E-state index in [1.807, 2.05) is 24.3 Å². The first kappa shape index (κ1) is 16.5. The summed E-state index contributed by atoms with van der Waals surface area (Å²) in [5.74, 6) is 0.0658. The molecule has 1 rings (SSSR count). The summed E-state index contributed by atoms with van der Waals surface area (Å²) in [7, 11) is 1.66. The van der Waals surface area contributed by atoms with E-state index >= 15 is 0 Å². The van der Waals surface area contributed by atoms with Gasteiger partial charge in [-0.2, -0.15) is 0 Å². The molecule has 0 aliphatic carbocycles. The Balaban J connectivity index is 3.03. The van der Waals surface area contributed by atoms with Crippen molar-refractivity contribution in [3.8, 4) is 5.75 Å². The minimum Gasteiger partial charge on any atom is -0.496 e. The lowest BCUT2D eigenvalue weighted by molar-refractivity contribution is -0.137. The minimum atomic E-state index is -0.772. The summed E-state index contributed by atoms with van der Waals surface area (Å²) in [6, 6.07) is 7.97. The maximum Gasteiger partial charge on any atom is 0.304 e. The number of ether oxygens (including phenoxy) is 1. The quantitative estimate of drug-likeness (QED) is 0.867. The van der Waals surface area contributed by atoms with Crippen molar-refractivity contribution in [3.63, 3.8) is 0 Å². The second-order valence-corrected chi connectivity index (χ2v) is 5.93. The number of nitrogens with zero attached hydrogens (tertiary/aromatic N) is 1. The molecule has 1 aromatic rings. The maximum atomic E-state index is 10.9. The summed E-state index contributed by atoms with van der Waals surface area (Å²) in [4.78, 5) is 13.1. The number of benzene rings is 1. The van der Waals surface area contributed by atoms with E-state index in [4.69, 9.17) is 9.84 Å². The Morgan fingerprint density at radius 3 is 2.45 bits per heavy atom. The zero-order chi connectivity index (χ0) is 15.3. The largest absolute Gasteiger partial charge is 0.496 e. The van der Waals surface area contributed by atoms with Gasteiger partial charge >= 0.3 is 5.97 Å². The Morgan fingerprint density at radius 2 is 1.95 bits per heavy atom. The van der Waals surface area contributed by atoms with Gasteiger partial charge in [-0.05, 0) is 33.8 Å². The van der Waals surface area contributed by atoms with Gasteiger partial charge in [-0.15, -0.1) is 0 Å². The topological polar surface area (TPSA) is 49.8 Å². The molecule has 112 valence electrons. The SMILES string of the molecule is COc1ccccc1C(C)N(CCC(=O)O)C(C)(C)C. The molecule has 1 atom stereocenters. The zero-order valence-corrected chi connectivity index (χ0v) is 13.0. The average Bonchev–Trinajstić information content (AvgIpc) is 2.36. The van der Waals surface area contributed by atoms with Crippen molar-refractivity contribution in [1.29, 1.82) is 0 Å². The Labute approximate surface area is 121 Å². The van der Waals surface area contributed by atoms with Gasteiger partial charge < -0.3 is 9.84 Å². The van der Waals surface area contributed by atoms with Crippen molar-refractivity contribution in [2.75, 3.05) is 13.7 Å². The summed E-state index contributed by atoms with van der Waals surface area (Å²) in [5.41, 5.74) is 0.964. The molecule has 1 unspecified atom stereocenters. The molecule has 4 nitrogen and oxygen atoms in total. The molecule has 0 saturated heterocycles. The minimum absolute atomic E-state index is 0.0884. The van der Waals surface area contributed by atoms with Crippen molar-refractivity contribution >= 4 is 5.97 Å². The molecule has 4 heteroatoms. The molecule has 0 fully saturated rings. The molecule has 0 radical (unpaired) electrons. The van der Waals surface area contributed by atoms with Crippen LogP contribution in [0.25, 0.3) is 0 Å². The van der Waals surface area contributed by atoms with E-state index in [0.717, 1.165) is 11.3 Å². The smallest absolute Gasteiger partial charge is 0.304 e.